The van der Waals surface area contributed by atoms with Crippen LogP contribution in [-0.4, -0.2) is 30.7 Å². The molecule has 0 N–H and O–H groups in total. The molecule has 5 aromatic rings. The molecule has 0 bridgehead atoms. The molecule has 2 aromatic heterocycles. The van der Waals surface area contributed by atoms with Gasteiger partial charge in [-0.2, -0.15) is 0 Å². The molecule has 0 saturated heterocycles. The summed E-state index contributed by atoms with van der Waals surface area (Å²) >= 11 is 0. The number of fused-ring (bicyclic) bond motifs is 2. The van der Waals surface area contributed by atoms with Crippen LogP contribution in [0.15, 0.2) is 66.9 Å². The van der Waals surface area contributed by atoms with E-state index in [0.717, 1.165) is 65.2 Å². The zero-order valence-corrected chi connectivity index (χ0v) is 24.7. The first kappa shape index (κ1) is 27.0. The van der Waals surface area contributed by atoms with Gasteiger partial charge in [-0.3, -0.25) is 0 Å². The van der Waals surface area contributed by atoms with Crippen molar-refractivity contribution in [1.82, 2.24) is 19.1 Å². The Balaban J connectivity index is 1.33. The summed E-state index contributed by atoms with van der Waals surface area (Å²) in [5, 5.41) is 0. The van der Waals surface area contributed by atoms with Gasteiger partial charge in [-0.15, -0.1) is 0 Å². The van der Waals surface area contributed by atoms with Crippen molar-refractivity contribution < 1.29 is 9.53 Å². The Bertz CT molecular complexity index is 1710. The van der Waals surface area contributed by atoms with Gasteiger partial charge in [0.05, 0.1) is 22.3 Å². The number of benzene rings is 3. The molecule has 41 heavy (non-hydrogen) atoms. The Morgan fingerprint density at radius 3 is 2.49 bits per heavy atom. The molecule has 0 fully saturated rings. The molecular weight excluding hydrogens is 508 g/mol. The van der Waals surface area contributed by atoms with Crippen molar-refractivity contribution in [3.63, 3.8) is 0 Å². The highest BCUT2D eigenvalue weighted by Gasteiger charge is 2.21. The van der Waals surface area contributed by atoms with Gasteiger partial charge in [0.1, 0.15) is 17.2 Å². The van der Waals surface area contributed by atoms with E-state index in [1.165, 1.54) is 29.8 Å². The number of rotatable bonds is 6. The van der Waals surface area contributed by atoms with Crippen molar-refractivity contribution >= 4 is 17.0 Å². The van der Waals surface area contributed by atoms with Gasteiger partial charge in [0.2, 0.25) is 0 Å². The molecule has 3 heterocycles. The number of aromatic nitrogens is 4. The standard InChI is InChI=1S/C35H38N4O2/c1-6-31-37-33-23(2)19-26(29-22-38-18-10-9-13-32(38)36-29)20-30(33)39(31)21-24-14-16-25(17-15-24)27-11-7-8-12-28(27)34(40)41-35(3,4)5/h7-8,11-12,14-17,19-20,22H,6,9-10,13,18,21H2,1-5H3. The highest BCUT2D eigenvalue weighted by molar-refractivity contribution is 5.97. The summed E-state index contributed by atoms with van der Waals surface area (Å²) in [6, 6.07) is 20.6. The van der Waals surface area contributed by atoms with E-state index in [2.05, 4.69) is 65.6 Å². The Hall–Kier alpha value is -4.19. The van der Waals surface area contributed by atoms with Crippen LogP contribution in [0.3, 0.4) is 0 Å². The third-order valence-electron chi connectivity index (χ3n) is 7.80. The smallest absolute Gasteiger partial charge is 0.339 e. The normalized spacial score (nSPS) is 13.4. The lowest BCUT2D eigenvalue weighted by Gasteiger charge is -2.20. The Labute approximate surface area is 242 Å². The number of hydrogen-bond acceptors (Lipinski definition) is 4. The van der Waals surface area contributed by atoms with Crippen LogP contribution in [0.1, 0.15) is 73.7 Å². The second-order valence-electron chi connectivity index (χ2n) is 12.1. The SMILES string of the molecule is CCc1nc2c(C)cc(-c3cn4c(n3)CCCC4)cc2n1Cc1ccc(-c2ccccc2C(=O)OC(C)(C)C)cc1. The minimum absolute atomic E-state index is 0.306. The number of ether oxygens (including phenoxy) is 1. The lowest BCUT2D eigenvalue weighted by Crippen LogP contribution is -2.24. The number of imidazole rings is 2. The molecule has 1 aliphatic rings. The first-order chi connectivity index (χ1) is 19.7. The fourth-order valence-corrected chi connectivity index (χ4v) is 5.80. The molecule has 0 spiro atoms. The summed E-state index contributed by atoms with van der Waals surface area (Å²) in [5.74, 6) is 1.96. The van der Waals surface area contributed by atoms with E-state index in [-0.39, 0.29) is 5.97 Å². The summed E-state index contributed by atoms with van der Waals surface area (Å²) < 4.78 is 10.3. The second kappa shape index (κ2) is 10.7. The van der Waals surface area contributed by atoms with E-state index in [9.17, 15) is 4.79 Å². The van der Waals surface area contributed by atoms with Crippen molar-refractivity contribution in [1.29, 1.82) is 0 Å². The van der Waals surface area contributed by atoms with Gasteiger partial charge in [-0.25, -0.2) is 14.8 Å². The number of carbonyl (C=O) groups excluding carboxylic acids is 1. The zero-order chi connectivity index (χ0) is 28.7. The largest absolute Gasteiger partial charge is 0.456 e. The number of nitrogens with zero attached hydrogens (tertiary/aromatic N) is 4. The number of carbonyl (C=O) groups is 1. The minimum atomic E-state index is -0.548. The summed E-state index contributed by atoms with van der Waals surface area (Å²) in [6.45, 7) is 11.7. The van der Waals surface area contributed by atoms with Gasteiger partial charge in [0.15, 0.2) is 0 Å². The molecule has 0 radical (unpaired) electrons. The maximum Gasteiger partial charge on any atom is 0.339 e. The van der Waals surface area contributed by atoms with Crippen molar-refractivity contribution in [3.8, 4) is 22.4 Å². The molecule has 3 aromatic carbocycles. The molecule has 0 amide bonds. The maximum atomic E-state index is 12.9. The Morgan fingerprint density at radius 2 is 1.76 bits per heavy atom. The molecule has 210 valence electrons. The van der Waals surface area contributed by atoms with Gasteiger partial charge in [0, 0.05) is 37.7 Å². The Morgan fingerprint density at radius 1 is 0.976 bits per heavy atom. The molecule has 6 rings (SSSR count). The molecule has 1 aliphatic heterocycles. The molecule has 0 unspecified atom stereocenters. The van der Waals surface area contributed by atoms with Gasteiger partial charge in [-0.1, -0.05) is 49.4 Å². The van der Waals surface area contributed by atoms with Crippen LogP contribution in [0.4, 0.5) is 0 Å². The van der Waals surface area contributed by atoms with E-state index in [0.29, 0.717) is 5.56 Å². The van der Waals surface area contributed by atoms with Crippen LogP contribution in [0, 0.1) is 6.92 Å². The van der Waals surface area contributed by atoms with Crippen LogP contribution < -0.4 is 0 Å². The molecule has 6 heteroatoms. The first-order valence-electron chi connectivity index (χ1n) is 14.7. The van der Waals surface area contributed by atoms with Gasteiger partial charge < -0.3 is 13.9 Å². The summed E-state index contributed by atoms with van der Waals surface area (Å²) in [7, 11) is 0. The number of hydrogen-bond donors (Lipinski definition) is 0. The van der Waals surface area contributed by atoms with E-state index < -0.39 is 5.60 Å². The fourth-order valence-electron chi connectivity index (χ4n) is 5.80. The molecule has 0 aliphatic carbocycles. The molecule has 6 nitrogen and oxygen atoms in total. The van der Waals surface area contributed by atoms with Crippen molar-refractivity contribution in [2.75, 3.05) is 0 Å². The molecule has 0 atom stereocenters. The summed E-state index contributed by atoms with van der Waals surface area (Å²) in [6.07, 6.45) is 6.55. The van der Waals surface area contributed by atoms with Crippen LogP contribution in [-0.2, 0) is 30.7 Å². The van der Waals surface area contributed by atoms with Crippen LogP contribution in [0.2, 0.25) is 0 Å². The number of esters is 1. The highest BCUT2D eigenvalue weighted by atomic mass is 16.6. The molecule has 0 saturated carbocycles. The van der Waals surface area contributed by atoms with Crippen LogP contribution in [0.5, 0.6) is 0 Å². The van der Waals surface area contributed by atoms with Gasteiger partial charge in [0.25, 0.3) is 0 Å². The van der Waals surface area contributed by atoms with Gasteiger partial charge >= 0.3 is 5.97 Å². The topological polar surface area (TPSA) is 61.9 Å². The number of aryl methyl sites for hydroxylation is 4. The van der Waals surface area contributed by atoms with E-state index in [1.54, 1.807) is 0 Å². The molecular formula is C35H38N4O2. The fraction of sp³-hybridized carbons (Fsp3) is 0.343. The second-order valence-corrected chi connectivity index (χ2v) is 12.1. The quantitative estimate of drug-likeness (QED) is 0.204. The third-order valence-corrected chi connectivity index (χ3v) is 7.80. The zero-order valence-electron chi connectivity index (χ0n) is 24.7. The lowest BCUT2D eigenvalue weighted by molar-refractivity contribution is 0.00704. The minimum Gasteiger partial charge on any atom is -0.456 e. The Kier molecular flexibility index (Phi) is 7.02. The average Bonchev–Trinajstić information content (AvgIpc) is 3.54. The third kappa shape index (κ3) is 5.43. The van der Waals surface area contributed by atoms with E-state index in [1.807, 2.05) is 45.0 Å². The van der Waals surface area contributed by atoms with Crippen molar-refractivity contribution in [3.05, 3.63) is 95.2 Å². The maximum absolute atomic E-state index is 12.9. The highest BCUT2D eigenvalue weighted by Crippen LogP contribution is 2.31. The average molecular weight is 547 g/mol. The predicted molar refractivity (Wildman–Crippen MR) is 164 cm³/mol. The first-order valence-corrected chi connectivity index (χ1v) is 14.7. The van der Waals surface area contributed by atoms with Crippen LogP contribution in [0.25, 0.3) is 33.4 Å². The van der Waals surface area contributed by atoms with Gasteiger partial charge in [-0.05, 0) is 81.0 Å². The summed E-state index contributed by atoms with van der Waals surface area (Å²) in [5.41, 5.74) is 8.63. The van der Waals surface area contributed by atoms with Crippen molar-refractivity contribution in [2.45, 2.75) is 79.0 Å². The van der Waals surface area contributed by atoms with Crippen LogP contribution >= 0.6 is 0 Å². The summed E-state index contributed by atoms with van der Waals surface area (Å²) in [4.78, 5) is 22.9. The lowest BCUT2D eigenvalue weighted by atomic mass is 9.98. The van der Waals surface area contributed by atoms with E-state index >= 15 is 0 Å². The van der Waals surface area contributed by atoms with Crippen molar-refractivity contribution in [2.24, 2.45) is 0 Å². The monoisotopic (exact) mass is 546 g/mol. The predicted octanol–water partition coefficient (Wildman–Crippen LogP) is 7.78. The van der Waals surface area contributed by atoms with E-state index in [4.69, 9.17) is 14.7 Å².